The number of carboxylic acid groups (broad SMARTS) is 1. The van der Waals surface area contributed by atoms with Crippen molar-refractivity contribution in [1.29, 1.82) is 0 Å². The van der Waals surface area contributed by atoms with Gasteiger partial charge >= 0.3 is 5.97 Å². The van der Waals surface area contributed by atoms with E-state index in [1.54, 1.807) is 0 Å². The summed E-state index contributed by atoms with van der Waals surface area (Å²) in [5.74, 6) is -0.876. The molecule has 6 heteroatoms. The molecule has 2 atom stereocenters. The minimum atomic E-state index is -0.876. The Labute approximate surface area is 98.6 Å². The summed E-state index contributed by atoms with van der Waals surface area (Å²) in [7, 11) is 0. The van der Waals surface area contributed by atoms with Crippen LogP contribution < -0.4 is 0 Å². The van der Waals surface area contributed by atoms with E-state index in [-0.39, 0.29) is 18.6 Å². The highest BCUT2D eigenvalue weighted by Crippen LogP contribution is 2.35. The summed E-state index contributed by atoms with van der Waals surface area (Å²) in [4.78, 5) is 10.7. The number of carboxylic acids is 1. The van der Waals surface area contributed by atoms with Crippen LogP contribution in [-0.4, -0.2) is 32.2 Å². The second-order valence-corrected chi connectivity index (χ2v) is 4.70. The molecule has 3 rings (SSSR count). The Hall–Kier alpha value is -1.43. The van der Waals surface area contributed by atoms with E-state index in [1.165, 1.54) is 12.8 Å². The van der Waals surface area contributed by atoms with Crippen LogP contribution in [0, 0.1) is 0 Å². The van der Waals surface area contributed by atoms with Crippen molar-refractivity contribution in [2.24, 2.45) is 0 Å². The van der Waals surface area contributed by atoms with Crippen molar-refractivity contribution >= 4 is 5.97 Å². The maximum absolute atomic E-state index is 10.7. The number of ether oxygens (including phenoxy) is 1. The first-order valence-electron chi connectivity index (χ1n) is 6.02. The van der Waals surface area contributed by atoms with E-state index in [9.17, 15) is 4.79 Å². The number of rotatable bonds is 2. The Morgan fingerprint density at radius 3 is 3.12 bits per heavy atom. The van der Waals surface area contributed by atoms with Gasteiger partial charge < -0.3 is 9.84 Å². The van der Waals surface area contributed by atoms with Gasteiger partial charge in [0.25, 0.3) is 0 Å². The van der Waals surface area contributed by atoms with Gasteiger partial charge in [0.15, 0.2) is 0 Å². The van der Waals surface area contributed by atoms with E-state index in [1.807, 2.05) is 4.68 Å². The van der Waals surface area contributed by atoms with E-state index in [2.05, 4.69) is 10.3 Å². The fourth-order valence-corrected chi connectivity index (χ4v) is 2.78. The lowest BCUT2D eigenvalue weighted by molar-refractivity contribution is -0.136. The van der Waals surface area contributed by atoms with Crippen LogP contribution in [0.1, 0.15) is 43.1 Å². The Balaban J connectivity index is 1.90. The predicted molar refractivity (Wildman–Crippen MR) is 57.4 cm³/mol. The monoisotopic (exact) mass is 237 g/mol. The second-order valence-electron chi connectivity index (χ2n) is 4.70. The molecule has 1 aliphatic heterocycles. The van der Waals surface area contributed by atoms with Crippen LogP contribution in [0.25, 0.3) is 0 Å². The summed E-state index contributed by atoms with van der Waals surface area (Å²) < 4.78 is 7.69. The molecule has 0 aromatic carbocycles. The molecule has 2 unspecified atom stereocenters. The van der Waals surface area contributed by atoms with Crippen molar-refractivity contribution in [3.63, 3.8) is 0 Å². The van der Waals surface area contributed by atoms with Crippen LogP contribution in [0.4, 0.5) is 0 Å². The van der Waals surface area contributed by atoms with Gasteiger partial charge in [-0.05, 0) is 12.8 Å². The summed E-state index contributed by atoms with van der Waals surface area (Å²) in [5.41, 5.74) is 1.39. The van der Waals surface area contributed by atoms with E-state index < -0.39 is 5.97 Å². The van der Waals surface area contributed by atoms with Crippen molar-refractivity contribution in [1.82, 2.24) is 15.0 Å². The van der Waals surface area contributed by atoms with Crippen molar-refractivity contribution in [2.75, 3.05) is 0 Å². The molecule has 1 fully saturated rings. The van der Waals surface area contributed by atoms with Gasteiger partial charge in [0, 0.05) is 0 Å². The molecule has 1 saturated carbocycles. The molecule has 0 bridgehead atoms. The van der Waals surface area contributed by atoms with Crippen molar-refractivity contribution in [3.05, 3.63) is 11.4 Å². The molecular formula is C11H15N3O3. The molecular weight excluding hydrogens is 222 g/mol. The molecule has 6 nitrogen and oxygen atoms in total. The van der Waals surface area contributed by atoms with Crippen LogP contribution >= 0.6 is 0 Å². The number of fused-ring (bicyclic) bond motifs is 3. The van der Waals surface area contributed by atoms with Crippen molar-refractivity contribution < 1.29 is 14.6 Å². The number of hydrogen-bond donors (Lipinski definition) is 1. The van der Waals surface area contributed by atoms with Crippen molar-refractivity contribution in [2.45, 2.75) is 50.9 Å². The summed E-state index contributed by atoms with van der Waals surface area (Å²) in [5, 5.41) is 16.9. The molecule has 92 valence electrons. The number of hydrogen-bond acceptors (Lipinski definition) is 4. The summed E-state index contributed by atoms with van der Waals surface area (Å²) in [6.07, 6.45) is 4.66. The number of aromatic nitrogens is 3. The zero-order valence-corrected chi connectivity index (χ0v) is 9.50. The van der Waals surface area contributed by atoms with Gasteiger partial charge in [-0.2, -0.15) is 0 Å². The largest absolute Gasteiger partial charge is 0.481 e. The van der Waals surface area contributed by atoms with E-state index in [4.69, 9.17) is 9.84 Å². The molecule has 2 heterocycles. The molecule has 0 amide bonds. The third kappa shape index (κ3) is 1.82. The van der Waals surface area contributed by atoms with Crippen LogP contribution in [0.15, 0.2) is 0 Å². The van der Waals surface area contributed by atoms with Gasteiger partial charge in [-0.3, -0.25) is 4.79 Å². The maximum atomic E-state index is 10.7. The number of nitrogens with zero attached hydrogens (tertiary/aromatic N) is 3. The van der Waals surface area contributed by atoms with Crippen LogP contribution in [-0.2, 0) is 22.6 Å². The molecule has 1 N–H and O–H groups in total. The lowest BCUT2D eigenvalue weighted by atomic mass is 9.91. The highest BCUT2D eigenvalue weighted by atomic mass is 16.5. The van der Waals surface area contributed by atoms with Crippen LogP contribution in [0.5, 0.6) is 0 Å². The van der Waals surface area contributed by atoms with E-state index in [0.717, 1.165) is 18.5 Å². The minimum Gasteiger partial charge on any atom is -0.481 e. The van der Waals surface area contributed by atoms with Crippen LogP contribution in [0.2, 0.25) is 0 Å². The van der Waals surface area contributed by atoms with Gasteiger partial charge in [0.1, 0.15) is 0 Å². The smallest absolute Gasteiger partial charge is 0.309 e. The lowest BCUT2D eigenvalue weighted by Gasteiger charge is -2.35. The first kappa shape index (κ1) is 10.7. The van der Waals surface area contributed by atoms with Gasteiger partial charge in [-0.15, -0.1) is 5.10 Å². The fraction of sp³-hybridized carbons (Fsp3) is 0.727. The zero-order chi connectivity index (χ0) is 11.8. The summed E-state index contributed by atoms with van der Waals surface area (Å²) >= 11 is 0. The standard InChI is InChI=1S/C11H15N3O3/c15-11(16)5-7-9-6-17-10-4-2-1-3-8(10)14(9)13-12-7/h8,10H,1-6H2,(H,15,16). The third-order valence-corrected chi connectivity index (χ3v) is 3.61. The topological polar surface area (TPSA) is 77.2 Å². The Morgan fingerprint density at radius 1 is 1.47 bits per heavy atom. The summed E-state index contributed by atoms with van der Waals surface area (Å²) in [6.45, 7) is 0.441. The van der Waals surface area contributed by atoms with E-state index in [0.29, 0.717) is 12.3 Å². The number of carbonyl (C=O) groups is 1. The third-order valence-electron chi connectivity index (χ3n) is 3.61. The zero-order valence-electron chi connectivity index (χ0n) is 9.50. The quantitative estimate of drug-likeness (QED) is 0.827. The van der Waals surface area contributed by atoms with Gasteiger partial charge in [0.05, 0.1) is 36.6 Å². The first-order chi connectivity index (χ1) is 8.25. The molecule has 0 radical (unpaired) electrons. The van der Waals surface area contributed by atoms with Crippen molar-refractivity contribution in [3.8, 4) is 0 Å². The molecule has 0 saturated heterocycles. The Morgan fingerprint density at radius 2 is 2.29 bits per heavy atom. The van der Waals surface area contributed by atoms with E-state index >= 15 is 0 Å². The fourth-order valence-electron chi connectivity index (χ4n) is 2.78. The van der Waals surface area contributed by atoms with Crippen LogP contribution in [0.3, 0.4) is 0 Å². The summed E-state index contributed by atoms with van der Waals surface area (Å²) in [6, 6.07) is 0.252. The highest BCUT2D eigenvalue weighted by molar-refractivity contribution is 5.69. The lowest BCUT2D eigenvalue weighted by Crippen LogP contribution is -2.36. The maximum Gasteiger partial charge on any atom is 0.309 e. The Bertz CT molecular complexity index is 443. The molecule has 0 spiro atoms. The molecule has 1 aromatic heterocycles. The first-order valence-corrected chi connectivity index (χ1v) is 6.02. The highest BCUT2D eigenvalue weighted by Gasteiger charge is 2.35. The second kappa shape index (κ2) is 4.10. The van der Waals surface area contributed by atoms with Gasteiger partial charge in [0.2, 0.25) is 0 Å². The SMILES string of the molecule is O=C(O)Cc1nnn2c1COC1CCCCC12. The predicted octanol–water partition coefficient (Wildman–Crippen LogP) is 0.919. The average molecular weight is 237 g/mol. The molecule has 17 heavy (non-hydrogen) atoms. The van der Waals surface area contributed by atoms with Gasteiger partial charge in [-0.25, -0.2) is 4.68 Å². The van der Waals surface area contributed by atoms with Gasteiger partial charge in [-0.1, -0.05) is 18.1 Å². The molecule has 2 aliphatic rings. The Kier molecular flexibility index (Phi) is 2.58. The molecule has 1 aromatic rings. The average Bonchev–Trinajstić information content (AvgIpc) is 2.72. The normalized spacial score (nSPS) is 27.3. The minimum absolute atomic E-state index is 0.0733. The molecule has 1 aliphatic carbocycles. The number of aliphatic carboxylic acids is 1.